The normalized spacial score (nSPS) is 15.4. The van der Waals surface area contributed by atoms with E-state index in [4.69, 9.17) is 0 Å². The number of benzene rings is 2. The minimum atomic E-state index is -4.40. The summed E-state index contributed by atoms with van der Waals surface area (Å²) in [5.74, 6) is -0.217. The molecule has 2 aromatic heterocycles. The topological polar surface area (TPSA) is 58.3 Å². The highest BCUT2D eigenvalue weighted by molar-refractivity contribution is 5.66. The van der Waals surface area contributed by atoms with Gasteiger partial charge in [0.05, 0.1) is 11.3 Å². The van der Waals surface area contributed by atoms with E-state index in [1.54, 1.807) is 31.4 Å². The molecule has 172 valence electrons. The summed E-state index contributed by atoms with van der Waals surface area (Å²) in [5, 5.41) is 21.2. The van der Waals surface area contributed by atoms with Gasteiger partial charge in [0.15, 0.2) is 11.8 Å². The molecule has 0 aliphatic heterocycles. The molecule has 4 aromatic rings. The van der Waals surface area contributed by atoms with Gasteiger partial charge in [-0.05, 0) is 41.0 Å². The molecule has 0 radical (unpaired) electrons. The van der Waals surface area contributed by atoms with Gasteiger partial charge in [-0.15, -0.1) is 0 Å². The van der Waals surface area contributed by atoms with Crippen LogP contribution in [-0.4, -0.2) is 19.8 Å². The molecule has 0 amide bonds. The first kappa shape index (κ1) is 21.8. The average Bonchev–Trinajstić information content (AvgIpc) is 3.05. The standard InChI is InChI=1S/C27H21F3N2O2/c1-32-25(33)23-14-17-5-2-3-8-21(17)22(24(23)26(32)34)12-11-20-10-9-18(15-31-20)16-6-4-7-19(13-16)27(28,29)30/h2-13,15,22,33-34H,14H2,1H3. The lowest BCUT2D eigenvalue weighted by atomic mass is 9.79. The molecule has 1 aliphatic rings. The van der Waals surface area contributed by atoms with Gasteiger partial charge in [0.25, 0.3) is 0 Å². The molecule has 1 aliphatic carbocycles. The Kier molecular flexibility index (Phi) is 5.20. The Bertz CT molecular complexity index is 1400. The third-order valence-electron chi connectivity index (χ3n) is 6.31. The molecule has 0 bridgehead atoms. The largest absolute Gasteiger partial charge is 0.494 e. The van der Waals surface area contributed by atoms with Crippen LogP contribution in [0.2, 0.25) is 0 Å². The van der Waals surface area contributed by atoms with Crippen LogP contribution in [0.25, 0.3) is 17.2 Å². The number of hydrogen-bond acceptors (Lipinski definition) is 3. The van der Waals surface area contributed by atoms with E-state index in [9.17, 15) is 23.4 Å². The molecular formula is C27H21F3N2O2. The number of aromatic nitrogens is 2. The lowest BCUT2D eigenvalue weighted by Gasteiger charge is -2.24. The second kappa shape index (κ2) is 8.09. The SMILES string of the molecule is Cn1c(O)c2c(c1O)C(C=Cc1ccc(-c3cccc(C(F)(F)F)c3)cn1)c1ccccc1C2. The van der Waals surface area contributed by atoms with E-state index in [1.165, 1.54) is 10.6 Å². The Hall–Kier alpha value is -4.00. The third-order valence-corrected chi connectivity index (χ3v) is 6.31. The van der Waals surface area contributed by atoms with E-state index in [-0.39, 0.29) is 17.7 Å². The molecule has 34 heavy (non-hydrogen) atoms. The molecule has 0 fully saturated rings. The van der Waals surface area contributed by atoms with E-state index in [0.29, 0.717) is 34.4 Å². The van der Waals surface area contributed by atoms with E-state index in [0.717, 1.165) is 23.3 Å². The first-order valence-electron chi connectivity index (χ1n) is 10.7. The highest BCUT2D eigenvalue weighted by Gasteiger charge is 2.32. The second-order valence-electron chi connectivity index (χ2n) is 8.36. The van der Waals surface area contributed by atoms with Gasteiger partial charge in [-0.1, -0.05) is 48.5 Å². The number of aromatic hydroxyl groups is 2. The molecule has 2 aromatic carbocycles. The van der Waals surface area contributed by atoms with Crippen LogP contribution in [0.15, 0.2) is 72.9 Å². The number of allylic oxidation sites excluding steroid dienone is 1. The van der Waals surface area contributed by atoms with Gasteiger partial charge < -0.3 is 10.2 Å². The number of fused-ring (bicyclic) bond motifs is 2. The van der Waals surface area contributed by atoms with Crippen LogP contribution in [-0.2, 0) is 19.6 Å². The molecule has 1 atom stereocenters. The fraction of sp³-hybridized carbons (Fsp3) is 0.148. The van der Waals surface area contributed by atoms with Crippen molar-refractivity contribution < 1.29 is 23.4 Å². The summed E-state index contributed by atoms with van der Waals surface area (Å²) < 4.78 is 40.5. The smallest absolute Gasteiger partial charge is 0.416 e. The van der Waals surface area contributed by atoms with Crippen molar-refractivity contribution in [1.82, 2.24) is 9.55 Å². The van der Waals surface area contributed by atoms with Crippen molar-refractivity contribution in [2.75, 3.05) is 0 Å². The van der Waals surface area contributed by atoms with Crippen LogP contribution in [0.4, 0.5) is 13.2 Å². The minimum absolute atomic E-state index is 0.0181. The number of nitrogens with zero attached hydrogens (tertiary/aromatic N) is 2. The van der Waals surface area contributed by atoms with Crippen molar-refractivity contribution in [2.24, 2.45) is 7.05 Å². The summed E-state index contributed by atoms with van der Waals surface area (Å²) in [7, 11) is 1.61. The molecule has 5 rings (SSSR count). The number of alkyl halides is 3. The van der Waals surface area contributed by atoms with E-state index >= 15 is 0 Å². The lowest BCUT2D eigenvalue weighted by molar-refractivity contribution is -0.137. The van der Waals surface area contributed by atoms with Gasteiger partial charge >= 0.3 is 6.18 Å². The monoisotopic (exact) mass is 462 g/mol. The van der Waals surface area contributed by atoms with Crippen molar-refractivity contribution in [3.63, 3.8) is 0 Å². The number of pyridine rings is 1. The first-order valence-corrected chi connectivity index (χ1v) is 10.7. The third kappa shape index (κ3) is 3.73. The van der Waals surface area contributed by atoms with Crippen LogP contribution in [0.3, 0.4) is 0 Å². The molecule has 0 saturated carbocycles. The quantitative estimate of drug-likeness (QED) is 0.378. The van der Waals surface area contributed by atoms with Gasteiger partial charge in [0.1, 0.15) is 0 Å². The molecular weight excluding hydrogens is 441 g/mol. The van der Waals surface area contributed by atoms with Crippen LogP contribution >= 0.6 is 0 Å². The number of hydrogen-bond donors (Lipinski definition) is 2. The van der Waals surface area contributed by atoms with Crippen LogP contribution in [0, 0.1) is 0 Å². The zero-order valence-electron chi connectivity index (χ0n) is 18.2. The Morgan fingerprint density at radius 2 is 1.76 bits per heavy atom. The van der Waals surface area contributed by atoms with Crippen molar-refractivity contribution in [3.05, 3.63) is 106 Å². The summed E-state index contributed by atoms with van der Waals surface area (Å²) >= 11 is 0. The van der Waals surface area contributed by atoms with Crippen LogP contribution in [0.5, 0.6) is 11.8 Å². The van der Waals surface area contributed by atoms with Crippen molar-refractivity contribution in [1.29, 1.82) is 0 Å². The summed E-state index contributed by atoms with van der Waals surface area (Å²) in [6.45, 7) is 0. The maximum Gasteiger partial charge on any atom is 0.416 e. The van der Waals surface area contributed by atoms with Crippen LogP contribution in [0.1, 0.15) is 39.4 Å². The van der Waals surface area contributed by atoms with Gasteiger partial charge in [-0.25, -0.2) is 0 Å². The minimum Gasteiger partial charge on any atom is -0.494 e. The Balaban J connectivity index is 1.47. The van der Waals surface area contributed by atoms with Crippen molar-refractivity contribution >= 4 is 6.08 Å². The molecule has 2 N–H and O–H groups in total. The van der Waals surface area contributed by atoms with Crippen molar-refractivity contribution in [3.8, 4) is 22.9 Å². The molecule has 0 spiro atoms. The zero-order chi connectivity index (χ0) is 24.0. The second-order valence-corrected chi connectivity index (χ2v) is 8.36. The molecule has 4 nitrogen and oxygen atoms in total. The highest BCUT2D eigenvalue weighted by atomic mass is 19.4. The highest BCUT2D eigenvalue weighted by Crippen LogP contribution is 2.47. The molecule has 0 saturated heterocycles. The fourth-order valence-electron chi connectivity index (χ4n) is 4.53. The maximum absolute atomic E-state index is 13.0. The first-order chi connectivity index (χ1) is 16.2. The van der Waals surface area contributed by atoms with E-state index in [2.05, 4.69) is 4.98 Å². The summed E-state index contributed by atoms with van der Waals surface area (Å²) in [5.41, 5.74) is 4.40. The molecule has 2 heterocycles. The Morgan fingerprint density at radius 3 is 2.50 bits per heavy atom. The molecule has 7 heteroatoms. The number of halogens is 3. The zero-order valence-corrected chi connectivity index (χ0v) is 18.2. The summed E-state index contributed by atoms with van der Waals surface area (Å²) in [6, 6.07) is 16.5. The van der Waals surface area contributed by atoms with Crippen LogP contribution < -0.4 is 0 Å². The van der Waals surface area contributed by atoms with Gasteiger partial charge in [-0.3, -0.25) is 9.55 Å². The average molecular weight is 462 g/mol. The number of rotatable bonds is 3. The van der Waals surface area contributed by atoms with E-state index in [1.807, 2.05) is 36.4 Å². The summed E-state index contributed by atoms with van der Waals surface area (Å²) in [6.07, 6.45) is 1.40. The van der Waals surface area contributed by atoms with Gasteiger partial charge in [0, 0.05) is 42.3 Å². The summed E-state index contributed by atoms with van der Waals surface area (Å²) in [4.78, 5) is 4.40. The predicted molar refractivity (Wildman–Crippen MR) is 124 cm³/mol. The molecule has 1 unspecified atom stereocenters. The fourth-order valence-corrected chi connectivity index (χ4v) is 4.53. The van der Waals surface area contributed by atoms with Crippen molar-refractivity contribution in [2.45, 2.75) is 18.5 Å². The van der Waals surface area contributed by atoms with Gasteiger partial charge in [0.2, 0.25) is 0 Å². The van der Waals surface area contributed by atoms with E-state index < -0.39 is 11.7 Å². The Morgan fingerprint density at radius 1 is 0.971 bits per heavy atom. The predicted octanol–water partition coefficient (Wildman–Crippen LogP) is 6.27. The van der Waals surface area contributed by atoms with Gasteiger partial charge in [-0.2, -0.15) is 13.2 Å². The lowest BCUT2D eigenvalue weighted by Crippen LogP contribution is -2.10. The maximum atomic E-state index is 13.0. The Labute approximate surface area is 194 Å².